The van der Waals surface area contributed by atoms with Crippen molar-refractivity contribution in [3.05, 3.63) is 72.3 Å². The Hall–Kier alpha value is -3.69. The van der Waals surface area contributed by atoms with E-state index in [1.165, 1.54) is 22.0 Å². The number of aromatic nitrogens is 4. The maximum Gasteiger partial charge on any atom is 0.234 e. The van der Waals surface area contributed by atoms with Crippen LogP contribution in [-0.2, 0) is 11.8 Å². The molecular weight excluding hydrogens is 490 g/mol. The highest BCUT2D eigenvalue weighted by atomic mass is 32.2. The Morgan fingerprint density at radius 1 is 1.08 bits per heavy atom. The Bertz CT molecular complexity index is 1530. The van der Waals surface area contributed by atoms with Crippen molar-refractivity contribution in [2.45, 2.75) is 19.0 Å². The molecule has 0 fully saturated rings. The standard InChI is InChI=1S/C27H25N5O2S2/c1-4-34-22-8-6-5-7-20(22)25-30-31-27(32(25)3)35-16-24(33)28-19-12-10-18(11-13-19)26-29-21-14-9-17(2)15-23(21)36-26/h5-15H,4,16H2,1-3H3,(H,28,33). The summed E-state index contributed by atoms with van der Waals surface area (Å²) < 4.78 is 8.77. The van der Waals surface area contributed by atoms with Crippen LogP contribution in [0.15, 0.2) is 71.9 Å². The molecular formula is C27H25N5O2S2. The summed E-state index contributed by atoms with van der Waals surface area (Å²) in [4.78, 5) is 17.3. The summed E-state index contributed by atoms with van der Waals surface area (Å²) >= 11 is 3.01. The molecule has 0 atom stereocenters. The third kappa shape index (κ3) is 5.12. The van der Waals surface area contributed by atoms with Crippen molar-refractivity contribution >= 4 is 44.9 Å². The van der Waals surface area contributed by atoms with Gasteiger partial charge < -0.3 is 14.6 Å². The van der Waals surface area contributed by atoms with E-state index in [-0.39, 0.29) is 11.7 Å². The number of hydrogen-bond donors (Lipinski definition) is 1. The molecule has 2 aromatic heterocycles. The molecule has 3 aromatic carbocycles. The Kier molecular flexibility index (Phi) is 7.02. The van der Waals surface area contributed by atoms with Crippen molar-refractivity contribution in [1.29, 1.82) is 0 Å². The zero-order valence-corrected chi connectivity index (χ0v) is 21.8. The van der Waals surface area contributed by atoms with Gasteiger partial charge in [0.15, 0.2) is 11.0 Å². The summed E-state index contributed by atoms with van der Waals surface area (Å²) in [5.41, 5.74) is 4.87. The largest absolute Gasteiger partial charge is 0.493 e. The number of para-hydroxylation sites is 1. The number of benzene rings is 3. The van der Waals surface area contributed by atoms with Gasteiger partial charge in [0.25, 0.3) is 0 Å². The van der Waals surface area contributed by atoms with E-state index in [0.29, 0.717) is 17.6 Å². The van der Waals surface area contributed by atoms with E-state index in [9.17, 15) is 4.79 Å². The van der Waals surface area contributed by atoms with Crippen molar-refractivity contribution in [3.8, 4) is 27.7 Å². The van der Waals surface area contributed by atoms with Gasteiger partial charge in [0.05, 0.1) is 28.1 Å². The van der Waals surface area contributed by atoms with Crippen LogP contribution in [0.3, 0.4) is 0 Å². The molecule has 5 rings (SSSR count). The SMILES string of the molecule is CCOc1ccccc1-c1nnc(SCC(=O)Nc2ccc(-c3nc4ccc(C)cc4s3)cc2)n1C. The van der Waals surface area contributed by atoms with Crippen LogP contribution in [0, 0.1) is 6.92 Å². The number of anilines is 1. The van der Waals surface area contributed by atoms with Gasteiger partial charge in [-0.15, -0.1) is 21.5 Å². The summed E-state index contributed by atoms with van der Waals surface area (Å²) in [6.45, 7) is 4.60. The lowest BCUT2D eigenvalue weighted by Crippen LogP contribution is -2.14. The number of carbonyl (C=O) groups excluding carboxylic acids is 1. The topological polar surface area (TPSA) is 81.9 Å². The molecule has 7 nitrogen and oxygen atoms in total. The number of thioether (sulfide) groups is 1. The molecule has 0 spiro atoms. The number of nitrogens with one attached hydrogen (secondary N) is 1. The summed E-state index contributed by atoms with van der Waals surface area (Å²) in [5, 5.41) is 13.2. The molecule has 0 radical (unpaired) electrons. The number of carbonyl (C=O) groups is 1. The molecule has 0 saturated carbocycles. The average molecular weight is 516 g/mol. The summed E-state index contributed by atoms with van der Waals surface area (Å²) in [6.07, 6.45) is 0. The number of aryl methyl sites for hydroxylation is 1. The van der Waals surface area contributed by atoms with Crippen molar-refractivity contribution in [2.24, 2.45) is 7.05 Å². The van der Waals surface area contributed by atoms with Gasteiger partial charge >= 0.3 is 0 Å². The maximum absolute atomic E-state index is 12.6. The number of nitrogens with zero attached hydrogens (tertiary/aromatic N) is 4. The molecule has 0 bridgehead atoms. The third-order valence-electron chi connectivity index (χ3n) is 5.55. The number of thiazole rings is 1. The lowest BCUT2D eigenvalue weighted by Gasteiger charge is -2.09. The fourth-order valence-electron chi connectivity index (χ4n) is 3.79. The molecule has 9 heteroatoms. The van der Waals surface area contributed by atoms with Crippen LogP contribution < -0.4 is 10.1 Å². The highest BCUT2D eigenvalue weighted by Gasteiger charge is 2.16. The number of amides is 1. The minimum Gasteiger partial charge on any atom is -0.493 e. The zero-order valence-electron chi connectivity index (χ0n) is 20.2. The van der Waals surface area contributed by atoms with Crippen LogP contribution in [0.2, 0.25) is 0 Å². The minimum absolute atomic E-state index is 0.109. The second-order valence-corrected chi connectivity index (χ2v) is 10.2. The normalized spacial score (nSPS) is 11.1. The van der Waals surface area contributed by atoms with Gasteiger partial charge in [0.1, 0.15) is 10.8 Å². The van der Waals surface area contributed by atoms with Gasteiger partial charge in [-0.2, -0.15) is 0 Å². The van der Waals surface area contributed by atoms with Crippen LogP contribution >= 0.6 is 23.1 Å². The minimum atomic E-state index is -0.109. The number of rotatable bonds is 8. The molecule has 0 aliphatic heterocycles. The highest BCUT2D eigenvalue weighted by Crippen LogP contribution is 2.32. The van der Waals surface area contributed by atoms with E-state index in [2.05, 4.69) is 40.6 Å². The van der Waals surface area contributed by atoms with Crippen molar-refractivity contribution in [1.82, 2.24) is 19.7 Å². The van der Waals surface area contributed by atoms with Gasteiger partial charge in [-0.3, -0.25) is 4.79 Å². The Labute approximate surface area is 217 Å². The zero-order chi connectivity index (χ0) is 25.1. The van der Waals surface area contributed by atoms with E-state index < -0.39 is 0 Å². The van der Waals surface area contributed by atoms with Gasteiger partial charge in [0, 0.05) is 18.3 Å². The third-order valence-corrected chi connectivity index (χ3v) is 7.64. The van der Waals surface area contributed by atoms with Crippen LogP contribution in [-0.4, -0.2) is 38.0 Å². The molecule has 182 valence electrons. The van der Waals surface area contributed by atoms with E-state index in [0.717, 1.165) is 33.1 Å². The molecule has 0 aliphatic rings. The van der Waals surface area contributed by atoms with Gasteiger partial charge in [-0.1, -0.05) is 30.0 Å². The van der Waals surface area contributed by atoms with E-state index >= 15 is 0 Å². The number of ether oxygens (including phenoxy) is 1. The first-order chi connectivity index (χ1) is 17.5. The molecule has 0 unspecified atom stereocenters. The number of hydrogen-bond acceptors (Lipinski definition) is 7. The predicted molar refractivity (Wildman–Crippen MR) is 147 cm³/mol. The lowest BCUT2D eigenvalue weighted by atomic mass is 10.2. The first-order valence-corrected chi connectivity index (χ1v) is 13.3. The van der Waals surface area contributed by atoms with E-state index in [1.54, 1.807) is 11.3 Å². The van der Waals surface area contributed by atoms with Crippen LogP contribution in [0.5, 0.6) is 5.75 Å². The monoisotopic (exact) mass is 515 g/mol. The van der Waals surface area contributed by atoms with Gasteiger partial charge in [-0.05, 0) is 67.9 Å². The Balaban J connectivity index is 1.22. The molecule has 36 heavy (non-hydrogen) atoms. The molecule has 2 heterocycles. The fourth-order valence-corrected chi connectivity index (χ4v) is 5.57. The second kappa shape index (κ2) is 10.5. The molecule has 1 N–H and O–H groups in total. The lowest BCUT2D eigenvalue weighted by molar-refractivity contribution is -0.113. The Morgan fingerprint density at radius 2 is 1.89 bits per heavy atom. The van der Waals surface area contributed by atoms with Crippen molar-refractivity contribution in [3.63, 3.8) is 0 Å². The quantitative estimate of drug-likeness (QED) is 0.248. The van der Waals surface area contributed by atoms with Crippen LogP contribution in [0.25, 0.3) is 32.2 Å². The summed E-state index contributed by atoms with van der Waals surface area (Å²) in [5.74, 6) is 1.57. The van der Waals surface area contributed by atoms with Gasteiger partial charge in [0.2, 0.25) is 5.91 Å². The predicted octanol–water partition coefficient (Wildman–Crippen LogP) is 6.20. The highest BCUT2D eigenvalue weighted by molar-refractivity contribution is 7.99. The first kappa shape index (κ1) is 24.0. The molecule has 0 saturated heterocycles. The van der Waals surface area contributed by atoms with Crippen molar-refractivity contribution in [2.75, 3.05) is 17.7 Å². The maximum atomic E-state index is 12.6. The summed E-state index contributed by atoms with van der Waals surface area (Å²) in [7, 11) is 1.89. The van der Waals surface area contributed by atoms with Crippen molar-refractivity contribution < 1.29 is 9.53 Å². The smallest absolute Gasteiger partial charge is 0.234 e. The molecule has 5 aromatic rings. The summed E-state index contributed by atoms with van der Waals surface area (Å²) in [6, 6.07) is 21.8. The average Bonchev–Trinajstić information content (AvgIpc) is 3.46. The van der Waals surface area contributed by atoms with E-state index in [1.807, 2.05) is 67.1 Å². The van der Waals surface area contributed by atoms with E-state index in [4.69, 9.17) is 9.72 Å². The number of fused-ring (bicyclic) bond motifs is 1. The molecule has 0 aliphatic carbocycles. The fraction of sp³-hybridized carbons (Fsp3) is 0.185. The Morgan fingerprint density at radius 3 is 2.69 bits per heavy atom. The molecule has 1 amide bonds. The van der Waals surface area contributed by atoms with Gasteiger partial charge in [-0.25, -0.2) is 4.98 Å². The second-order valence-electron chi connectivity index (χ2n) is 8.20. The van der Waals surface area contributed by atoms with Crippen LogP contribution in [0.1, 0.15) is 12.5 Å². The van der Waals surface area contributed by atoms with Crippen LogP contribution in [0.4, 0.5) is 5.69 Å². The first-order valence-electron chi connectivity index (χ1n) is 11.5.